The molecule has 3 rings (SSSR count). The lowest BCUT2D eigenvalue weighted by atomic mass is 10.1. The molecule has 0 saturated carbocycles. The van der Waals surface area contributed by atoms with Crippen LogP contribution in [0.25, 0.3) is 0 Å². The summed E-state index contributed by atoms with van der Waals surface area (Å²) in [6.07, 6.45) is 8.13. The van der Waals surface area contributed by atoms with Gasteiger partial charge in [0.05, 0.1) is 0 Å². The van der Waals surface area contributed by atoms with Crippen LogP contribution in [0.3, 0.4) is 0 Å². The average Bonchev–Trinajstić information content (AvgIpc) is 2.56. The number of rotatable bonds is 0. The van der Waals surface area contributed by atoms with Crippen LogP contribution < -0.4 is 0 Å². The highest BCUT2D eigenvalue weighted by molar-refractivity contribution is 5.06. The number of hydrogen-bond acceptors (Lipinski definition) is 2. The molecular formula is C8H12N2. The van der Waals surface area contributed by atoms with Gasteiger partial charge in [0, 0.05) is 31.4 Å². The van der Waals surface area contributed by atoms with E-state index in [2.05, 4.69) is 22.2 Å². The quantitative estimate of drug-likeness (QED) is 0.486. The minimum Gasteiger partial charge on any atom is -0.356 e. The first-order valence-corrected chi connectivity index (χ1v) is 4.15. The Morgan fingerprint density at radius 2 is 1.60 bits per heavy atom. The molecule has 0 bridgehead atoms. The summed E-state index contributed by atoms with van der Waals surface area (Å²) in [5.74, 6) is 0.981. The van der Waals surface area contributed by atoms with Gasteiger partial charge in [-0.1, -0.05) is 0 Å². The van der Waals surface area contributed by atoms with Gasteiger partial charge < -0.3 is 9.80 Å². The van der Waals surface area contributed by atoms with Crippen LogP contribution in [0.4, 0.5) is 0 Å². The highest BCUT2D eigenvalue weighted by Gasteiger charge is 2.42. The Kier molecular flexibility index (Phi) is 0.755. The van der Waals surface area contributed by atoms with E-state index in [1.54, 1.807) is 0 Å². The van der Waals surface area contributed by atoms with Crippen molar-refractivity contribution in [2.75, 3.05) is 13.1 Å². The zero-order valence-corrected chi connectivity index (χ0v) is 6.03. The van der Waals surface area contributed by atoms with Crippen LogP contribution in [0.5, 0.6) is 0 Å². The summed E-state index contributed by atoms with van der Waals surface area (Å²) in [4.78, 5) is 4.97. The normalized spacial score (nSPS) is 41.6. The van der Waals surface area contributed by atoms with Crippen molar-refractivity contribution in [3.8, 4) is 0 Å². The van der Waals surface area contributed by atoms with Crippen LogP contribution >= 0.6 is 0 Å². The van der Waals surface area contributed by atoms with Crippen LogP contribution in [0.2, 0.25) is 0 Å². The van der Waals surface area contributed by atoms with Crippen LogP contribution in [0.1, 0.15) is 12.8 Å². The van der Waals surface area contributed by atoms with Crippen LogP contribution in [-0.2, 0) is 0 Å². The first kappa shape index (κ1) is 5.05. The third kappa shape index (κ3) is 0.425. The Hall–Kier alpha value is -0.660. The second kappa shape index (κ2) is 1.49. The summed E-state index contributed by atoms with van der Waals surface area (Å²) in [7, 11) is 0. The van der Waals surface area contributed by atoms with Crippen molar-refractivity contribution in [1.29, 1.82) is 0 Å². The summed E-state index contributed by atoms with van der Waals surface area (Å²) in [6, 6.07) is 0. The van der Waals surface area contributed by atoms with E-state index >= 15 is 0 Å². The van der Waals surface area contributed by atoms with E-state index in [1.807, 2.05) is 0 Å². The molecule has 2 saturated heterocycles. The van der Waals surface area contributed by atoms with Gasteiger partial charge in [0.2, 0.25) is 0 Å². The molecule has 3 heterocycles. The molecule has 3 aliphatic rings. The van der Waals surface area contributed by atoms with E-state index in [0.717, 1.165) is 12.1 Å². The van der Waals surface area contributed by atoms with Crippen molar-refractivity contribution < 1.29 is 0 Å². The summed E-state index contributed by atoms with van der Waals surface area (Å²) >= 11 is 0. The Morgan fingerprint density at radius 1 is 1.00 bits per heavy atom. The minimum atomic E-state index is 0.778. The first-order chi connectivity index (χ1) is 4.95. The third-order valence-electron chi connectivity index (χ3n) is 3.07. The van der Waals surface area contributed by atoms with Crippen molar-refractivity contribution in [1.82, 2.24) is 9.80 Å². The van der Waals surface area contributed by atoms with Gasteiger partial charge in [-0.2, -0.15) is 0 Å². The first-order valence-electron chi connectivity index (χ1n) is 4.15. The maximum Gasteiger partial charge on any atom is 0.104 e. The van der Waals surface area contributed by atoms with Gasteiger partial charge in [0.15, 0.2) is 0 Å². The molecule has 0 atom stereocenters. The second-order valence-corrected chi connectivity index (χ2v) is 3.52. The van der Waals surface area contributed by atoms with Gasteiger partial charge in [-0.3, -0.25) is 0 Å². The van der Waals surface area contributed by atoms with E-state index in [0.29, 0.717) is 0 Å². The highest BCUT2D eigenvalue weighted by atomic mass is 15.4. The standard InChI is InChI=1S/C8H12N2/c1-3-9-5-6-10-4-2-7(1)8(9)10/h5-8H,1-4H2. The molecule has 0 unspecified atom stereocenters. The SMILES string of the molecule is C1=CN2CCC3CCN1C32. The second-order valence-electron chi connectivity index (χ2n) is 3.52. The molecule has 3 aliphatic heterocycles. The van der Waals surface area contributed by atoms with Gasteiger partial charge in [0.25, 0.3) is 0 Å². The highest BCUT2D eigenvalue weighted by Crippen LogP contribution is 2.38. The van der Waals surface area contributed by atoms with Crippen molar-refractivity contribution in [2.45, 2.75) is 19.0 Å². The molecule has 0 spiro atoms. The van der Waals surface area contributed by atoms with E-state index in [1.165, 1.54) is 25.9 Å². The molecule has 0 radical (unpaired) electrons. The largest absolute Gasteiger partial charge is 0.356 e. The lowest BCUT2D eigenvalue weighted by molar-refractivity contribution is 0.221. The fourth-order valence-corrected chi connectivity index (χ4v) is 2.57. The molecule has 0 aromatic heterocycles. The molecule has 0 aromatic carbocycles. The summed E-state index contributed by atoms with van der Waals surface area (Å²) in [5.41, 5.74) is 0. The van der Waals surface area contributed by atoms with Crippen molar-refractivity contribution >= 4 is 0 Å². The van der Waals surface area contributed by atoms with Crippen molar-refractivity contribution in [2.24, 2.45) is 5.92 Å². The Bertz CT molecular complexity index is 170. The maximum absolute atomic E-state index is 2.48. The van der Waals surface area contributed by atoms with Gasteiger partial charge in [-0.25, -0.2) is 0 Å². The zero-order chi connectivity index (χ0) is 6.55. The van der Waals surface area contributed by atoms with Crippen LogP contribution in [0.15, 0.2) is 12.4 Å². The van der Waals surface area contributed by atoms with E-state index < -0.39 is 0 Å². The summed E-state index contributed by atoms with van der Waals surface area (Å²) in [5, 5.41) is 0. The minimum absolute atomic E-state index is 0.778. The Balaban J connectivity index is 2.01. The van der Waals surface area contributed by atoms with Gasteiger partial charge in [-0.15, -0.1) is 0 Å². The molecule has 0 aromatic rings. The Morgan fingerprint density at radius 3 is 2.20 bits per heavy atom. The third-order valence-corrected chi connectivity index (χ3v) is 3.07. The fraction of sp³-hybridized carbons (Fsp3) is 0.750. The molecule has 2 nitrogen and oxygen atoms in total. The topological polar surface area (TPSA) is 6.48 Å². The van der Waals surface area contributed by atoms with Crippen molar-refractivity contribution in [3.63, 3.8) is 0 Å². The molecule has 0 aliphatic carbocycles. The summed E-state index contributed by atoms with van der Waals surface area (Å²) < 4.78 is 0. The van der Waals surface area contributed by atoms with E-state index in [9.17, 15) is 0 Å². The molecule has 2 fully saturated rings. The molecule has 2 heteroatoms. The van der Waals surface area contributed by atoms with Crippen molar-refractivity contribution in [3.05, 3.63) is 12.4 Å². The van der Waals surface area contributed by atoms with Gasteiger partial charge in [0.1, 0.15) is 6.17 Å². The molecule has 0 amide bonds. The summed E-state index contributed by atoms with van der Waals surface area (Å²) in [6.45, 7) is 2.59. The molecular weight excluding hydrogens is 124 g/mol. The zero-order valence-electron chi connectivity index (χ0n) is 6.03. The molecule has 0 N–H and O–H groups in total. The van der Waals surface area contributed by atoms with Crippen LogP contribution in [0, 0.1) is 5.92 Å². The van der Waals surface area contributed by atoms with Gasteiger partial charge in [-0.05, 0) is 12.8 Å². The number of hydrogen-bond donors (Lipinski definition) is 0. The lowest BCUT2D eigenvalue weighted by Gasteiger charge is -2.21. The lowest BCUT2D eigenvalue weighted by Crippen LogP contribution is -2.31. The average molecular weight is 136 g/mol. The predicted molar refractivity (Wildman–Crippen MR) is 39.1 cm³/mol. The molecule has 54 valence electrons. The van der Waals surface area contributed by atoms with Gasteiger partial charge >= 0.3 is 0 Å². The maximum atomic E-state index is 2.48. The predicted octanol–water partition coefficient (Wildman–Crippen LogP) is 0.825. The monoisotopic (exact) mass is 136 g/mol. The smallest absolute Gasteiger partial charge is 0.104 e. The van der Waals surface area contributed by atoms with Crippen LogP contribution in [-0.4, -0.2) is 29.1 Å². The number of nitrogens with zero attached hydrogens (tertiary/aromatic N) is 2. The van der Waals surface area contributed by atoms with E-state index in [4.69, 9.17) is 0 Å². The Labute approximate surface area is 61.1 Å². The fourth-order valence-electron chi connectivity index (χ4n) is 2.57. The molecule has 10 heavy (non-hydrogen) atoms. The van der Waals surface area contributed by atoms with E-state index in [-0.39, 0.29) is 0 Å².